The minimum absolute atomic E-state index is 0.830. The van der Waals surface area contributed by atoms with Crippen LogP contribution in [0.1, 0.15) is 0 Å². The Morgan fingerprint density at radius 1 is 0.302 bits per heavy atom. The highest BCUT2D eigenvalue weighted by atomic mass is 16.3. The molecule has 9 aromatic carbocycles. The molecule has 0 N–H and O–H groups in total. The molecule has 3 heteroatoms. The fraction of sp³-hybridized carbons (Fsp3) is 0. The SMILES string of the molecule is c1ccc(-c2cccc3c2oc2c(N(c4cccc5c4ccc4ccccc45)c4ccc(-c5ccccc5)c5oc6ccccc6c45)cccc23)cc1. The molecule has 0 aliphatic carbocycles. The summed E-state index contributed by atoms with van der Waals surface area (Å²) in [7, 11) is 0. The van der Waals surface area contributed by atoms with E-state index in [1.807, 2.05) is 6.07 Å². The fourth-order valence-corrected chi connectivity index (χ4v) is 8.28. The largest absolute Gasteiger partial charge is 0.455 e. The first-order chi connectivity index (χ1) is 26.3. The number of benzene rings is 9. The summed E-state index contributed by atoms with van der Waals surface area (Å²) in [5, 5.41) is 9.06. The Morgan fingerprint density at radius 3 is 1.70 bits per heavy atom. The van der Waals surface area contributed by atoms with Crippen LogP contribution in [-0.2, 0) is 0 Å². The Bertz CT molecular complexity index is 3170. The van der Waals surface area contributed by atoms with Crippen molar-refractivity contribution in [3.05, 3.63) is 188 Å². The van der Waals surface area contributed by atoms with E-state index in [4.69, 9.17) is 8.83 Å². The summed E-state index contributed by atoms with van der Waals surface area (Å²) in [4.78, 5) is 2.39. The quantitative estimate of drug-likeness (QED) is 0.170. The predicted molar refractivity (Wildman–Crippen MR) is 222 cm³/mol. The number of nitrogens with zero attached hydrogens (tertiary/aromatic N) is 1. The molecule has 0 aliphatic heterocycles. The van der Waals surface area contributed by atoms with Crippen molar-refractivity contribution in [3.8, 4) is 22.3 Å². The predicted octanol–water partition coefficient (Wildman–Crippen LogP) is 14.6. The molecule has 0 saturated carbocycles. The van der Waals surface area contributed by atoms with E-state index >= 15 is 0 Å². The van der Waals surface area contributed by atoms with Gasteiger partial charge < -0.3 is 13.7 Å². The van der Waals surface area contributed by atoms with E-state index in [1.54, 1.807) is 0 Å². The van der Waals surface area contributed by atoms with Crippen molar-refractivity contribution in [2.45, 2.75) is 0 Å². The van der Waals surface area contributed by atoms with Gasteiger partial charge in [0.05, 0.1) is 22.4 Å². The van der Waals surface area contributed by atoms with Gasteiger partial charge in [0.15, 0.2) is 5.58 Å². The molecular formula is C50H31NO2. The van der Waals surface area contributed by atoms with Gasteiger partial charge in [-0.15, -0.1) is 0 Å². The van der Waals surface area contributed by atoms with Crippen molar-refractivity contribution in [2.24, 2.45) is 0 Å². The first-order valence-corrected chi connectivity index (χ1v) is 18.0. The molecule has 2 heterocycles. The van der Waals surface area contributed by atoms with Gasteiger partial charge in [-0.1, -0.05) is 158 Å². The van der Waals surface area contributed by atoms with E-state index < -0.39 is 0 Å². The van der Waals surface area contributed by atoms with E-state index in [2.05, 4.69) is 187 Å². The van der Waals surface area contributed by atoms with E-state index in [0.29, 0.717) is 0 Å². The van der Waals surface area contributed by atoms with E-state index in [9.17, 15) is 0 Å². The average molecular weight is 678 g/mol. The topological polar surface area (TPSA) is 29.5 Å². The van der Waals surface area contributed by atoms with Crippen molar-refractivity contribution in [2.75, 3.05) is 4.90 Å². The van der Waals surface area contributed by atoms with Crippen LogP contribution in [0, 0.1) is 0 Å². The summed E-state index contributed by atoms with van der Waals surface area (Å²) in [6, 6.07) is 66.5. The molecule has 0 bridgehead atoms. The van der Waals surface area contributed by atoms with Crippen LogP contribution in [-0.4, -0.2) is 0 Å². The summed E-state index contributed by atoms with van der Waals surface area (Å²) in [5.74, 6) is 0. The molecule has 2 aromatic heterocycles. The molecule has 0 unspecified atom stereocenters. The lowest BCUT2D eigenvalue weighted by Crippen LogP contribution is -2.11. The van der Waals surface area contributed by atoms with Crippen LogP contribution in [0.3, 0.4) is 0 Å². The molecule has 3 nitrogen and oxygen atoms in total. The lowest BCUT2D eigenvalue weighted by molar-refractivity contribution is 0.669. The highest BCUT2D eigenvalue weighted by Crippen LogP contribution is 2.50. The summed E-state index contributed by atoms with van der Waals surface area (Å²) in [5.41, 5.74) is 10.8. The van der Waals surface area contributed by atoms with E-state index in [1.165, 1.54) is 16.2 Å². The van der Waals surface area contributed by atoms with Crippen LogP contribution in [0.5, 0.6) is 0 Å². The van der Waals surface area contributed by atoms with Crippen LogP contribution < -0.4 is 4.90 Å². The number of fused-ring (bicyclic) bond motifs is 9. The Morgan fingerprint density at radius 2 is 0.906 bits per heavy atom. The summed E-state index contributed by atoms with van der Waals surface area (Å²) < 4.78 is 13.9. The zero-order chi connectivity index (χ0) is 34.9. The molecule has 248 valence electrons. The minimum atomic E-state index is 0.830. The van der Waals surface area contributed by atoms with Crippen LogP contribution >= 0.6 is 0 Å². The molecule has 0 saturated heterocycles. The van der Waals surface area contributed by atoms with E-state index in [-0.39, 0.29) is 0 Å². The van der Waals surface area contributed by atoms with Gasteiger partial charge in [0.25, 0.3) is 0 Å². The second-order valence-corrected chi connectivity index (χ2v) is 13.6. The second-order valence-electron chi connectivity index (χ2n) is 13.6. The number of hydrogen-bond acceptors (Lipinski definition) is 3. The molecule has 0 amide bonds. The van der Waals surface area contributed by atoms with Crippen LogP contribution in [0.25, 0.3) is 87.7 Å². The first kappa shape index (κ1) is 29.6. The molecule has 0 fully saturated rings. The van der Waals surface area contributed by atoms with Gasteiger partial charge in [0.2, 0.25) is 0 Å². The summed E-state index contributed by atoms with van der Waals surface area (Å²) >= 11 is 0. The van der Waals surface area contributed by atoms with Gasteiger partial charge in [0.1, 0.15) is 16.7 Å². The van der Waals surface area contributed by atoms with E-state index in [0.717, 1.165) is 88.6 Å². The maximum Gasteiger partial charge on any atom is 0.159 e. The van der Waals surface area contributed by atoms with Crippen LogP contribution in [0.15, 0.2) is 197 Å². The van der Waals surface area contributed by atoms with Gasteiger partial charge in [-0.25, -0.2) is 0 Å². The maximum atomic E-state index is 7.08. The maximum absolute atomic E-state index is 7.08. The molecule has 0 aliphatic rings. The number of para-hydroxylation sites is 3. The zero-order valence-corrected chi connectivity index (χ0v) is 28.7. The number of rotatable bonds is 5. The molecule has 11 rings (SSSR count). The standard InChI is InChI=1S/C50H31NO2/c1-3-14-32(15-4-1)36-21-11-23-40-41-24-13-26-45(49(41)53-48(36)40)51(43-25-12-22-38-35-19-8-7-18-34(35)28-29-39(38)43)44-31-30-37(33-16-5-2-6-17-33)50-47(44)42-20-9-10-27-46(42)52-50/h1-31H. The van der Waals surface area contributed by atoms with Gasteiger partial charge in [-0.3, -0.25) is 0 Å². The normalized spacial score (nSPS) is 11.8. The summed E-state index contributed by atoms with van der Waals surface area (Å²) in [6.07, 6.45) is 0. The minimum Gasteiger partial charge on any atom is -0.455 e. The lowest BCUT2D eigenvalue weighted by Gasteiger charge is -2.28. The number of anilines is 3. The average Bonchev–Trinajstić information content (AvgIpc) is 3.81. The monoisotopic (exact) mass is 677 g/mol. The van der Waals surface area contributed by atoms with Crippen molar-refractivity contribution in [3.63, 3.8) is 0 Å². The fourth-order valence-electron chi connectivity index (χ4n) is 8.28. The van der Waals surface area contributed by atoms with Crippen molar-refractivity contribution >= 4 is 82.5 Å². The Kier molecular flexibility index (Phi) is 6.55. The second kappa shape index (κ2) is 11.7. The highest BCUT2D eigenvalue weighted by Gasteiger charge is 2.26. The smallest absolute Gasteiger partial charge is 0.159 e. The molecule has 0 atom stereocenters. The highest BCUT2D eigenvalue weighted by molar-refractivity contribution is 6.21. The molecular weight excluding hydrogens is 647 g/mol. The van der Waals surface area contributed by atoms with Gasteiger partial charge >= 0.3 is 0 Å². The van der Waals surface area contributed by atoms with Gasteiger partial charge in [-0.2, -0.15) is 0 Å². The Hall–Kier alpha value is -7.10. The Balaban J connectivity index is 1.27. The third-order valence-corrected chi connectivity index (χ3v) is 10.7. The van der Waals surface area contributed by atoms with Crippen LogP contribution in [0.4, 0.5) is 17.1 Å². The molecule has 0 spiro atoms. The number of hydrogen-bond donors (Lipinski definition) is 0. The van der Waals surface area contributed by atoms with Gasteiger partial charge in [0, 0.05) is 32.7 Å². The number of furan rings is 2. The van der Waals surface area contributed by atoms with Crippen molar-refractivity contribution in [1.82, 2.24) is 0 Å². The van der Waals surface area contributed by atoms with Crippen LogP contribution in [0.2, 0.25) is 0 Å². The third kappa shape index (κ3) is 4.54. The van der Waals surface area contributed by atoms with Crippen molar-refractivity contribution < 1.29 is 8.83 Å². The van der Waals surface area contributed by atoms with Crippen molar-refractivity contribution in [1.29, 1.82) is 0 Å². The lowest BCUT2D eigenvalue weighted by atomic mass is 9.97. The Labute approximate surface area is 305 Å². The molecule has 0 radical (unpaired) electrons. The zero-order valence-electron chi connectivity index (χ0n) is 28.7. The van der Waals surface area contributed by atoms with Gasteiger partial charge in [-0.05, 0) is 57.6 Å². The third-order valence-electron chi connectivity index (χ3n) is 10.7. The molecule has 53 heavy (non-hydrogen) atoms. The molecule has 11 aromatic rings. The summed E-state index contributed by atoms with van der Waals surface area (Å²) in [6.45, 7) is 0. The first-order valence-electron chi connectivity index (χ1n) is 18.0.